The van der Waals surface area contributed by atoms with Crippen LogP contribution >= 0.6 is 11.6 Å². The Morgan fingerprint density at radius 2 is 1.53 bits per heavy atom. The van der Waals surface area contributed by atoms with Crippen LogP contribution < -0.4 is 0 Å². The summed E-state index contributed by atoms with van der Waals surface area (Å²) in [5.41, 5.74) is 0.134. The Balaban J connectivity index is 0.000000921. The second kappa shape index (κ2) is 5.40. The number of hydrogen-bond acceptors (Lipinski definition) is 0. The zero-order chi connectivity index (χ0) is 12.2. The van der Waals surface area contributed by atoms with E-state index in [1.807, 2.05) is 13.8 Å². The number of aryl methyl sites for hydroxylation is 1. The van der Waals surface area contributed by atoms with Gasteiger partial charge in [-0.15, -0.1) is 0 Å². The van der Waals surface area contributed by atoms with E-state index in [1.165, 1.54) is 13.0 Å². The van der Waals surface area contributed by atoms with E-state index >= 15 is 0 Å². The molecule has 86 valence electrons. The molecule has 0 aromatic heterocycles. The van der Waals surface area contributed by atoms with Crippen LogP contribution in [0.3, 0.4) is 0 Å². The summed E-state index contributed by atoms with van der Waals surface area (Å²) in [5, 5.41) is 0.121. The Bertz CT molecular complexity index is 329. The van der Waals surface area contributed by atoms with Gasteiger partial charge in [0, 0.05) is 5.02 Å². The summed E-state index contributed by atoms with van der Waals surface area (Å²) in [4.78, 5) is 0. The largest absolute Gasteiger partial charge is 0.416 e. The molecule has 4 heteroatoms. The van der Waals surface area contributed by atoms with Crippen LogP contribution in [0.15, 0.2) is 12.1 Å². The van der Waals surface area contributed by atoms with Crippen molar-refractivity contribution in [3.63, 3.8) is 0 Å². The Morgan fingerprint density at radius 1 is 1.07 bits per heavy atom. The number of hydrogen-bond donors (Lipinski definition) is 0. The molecule has 0 unspecified atom stereocenters. The molecule has 1 aromatic carbocycles. The lowest BCUT2D eigenvalue weighted by Crippen LogP contribution is -2.08. The van der Waals surface area contributed by atoms with Crippen LogP contribution in [0.2, 0.25) is 5.02 Å². The van der Waals surface area contributed by atoms with Crippen molar-refractivity contribution in [3.05, 3.63) is 33.8 Å². The summed E-state index contributed by atoms with van der Waals surface area (Å²) < 4.78 is 37.1. The highest BCUT2D eigenvalue weighted by Gasteiger charge is 2.32. The average Bonchev–Trinajstić information content (AvgIpc) is 2.13. The number of alkyl halides is 3. The Morgan fingerprint density at radius 3 is 1.93 bits per heavy atom. The number of halogens is 4. The van der Waals surface area contributed by atoms with Crippen LogP contribution in [0.4, 0.5) is 13.2 Å². The smallest absolute Gasteiger partial charge is 0.166 e. The van der Waals surface area contributed by atoms with Crippen molar-refractivity contribution in [2.24, 2.45) is 0 Å². The number of rotatable bonds is 0. The van der Waals surface area contributed by atoms with Crippen molar-refractivity contribution in [2.75, 3.05) is 0 Å². The molecule has 0 bridgehead atoms. The van der Waals surface area contributed by atoms with Crippen LogP contribution in [0, 0.1) is 13.8 Å². The Hall–Kier alpha value is -0.700. The molecule has 0 spiro atoms. The lowest BCUT2D eigenvalue weighted by molar-refractivity contribution is -0.138. The lowest BCUT2D eigenvalue weighted by atomic mass is 10.0. The highest BCUT2D eigenvalue weighted by molar-refractivity contribution is 6.30. The monoisotopic (exact) mass is 238 g/mol. The summed E-state index contributed by atoms with van der Waals surface area (Å²) in [6.07, 6.45) is -4.32. The molecule has 0 nitrogen and oxygen atoms in total. The molecule has 0 saturated heterocycles. The number of benzene rings is 1. The standard InChI is InChI=1S/C9H8ClF3.C2H6/c1-5-3-7(10)4-8(6(5)2)9(11,12)13;1-2/h3-4H,1-2H3;1-2H3. The molecule has 0 fully saturated rings. The van der Waals surface area contributed by atoms with Crippen LogP contribution in [0.5, 0.6) is 0 Å². The SMILES string of the molecule is CC.Cc1cc(Cl)cc(C(F)(F)F)c1C. The fourth-order valence-electron chi connectivity index (χ4n) is 1.11. The summed E-state index contributed by atoms with van der Waals surface area (Å²) in [6.45, 7) is 7.05. The van der Waals surface area contributed by atoms with Gasteiger partial charge >= 0.3 is 6.18 Å². The van der Waals surface area contributed by atoms with E-state index in [9.17, 15) is 13.2 Å². The molecular formula is C11H14ClF3. The van der Waals surface area contributed by atoms with Gasteiger partial charge in [0.15, 0.2) is 0 Å². The van der Waals surface area contributed by atoms with Crippen molar-refractivity contribution < 1.29 is 13.2 Å². The van der Waals surface area contributed by atoms with Gasteiger partial charge in [-0.1, -0.05) is 25.4 Å². The fraction of sp³-hybridized carbons (Fsp3) is 0.455. The molecule has 0 aliphatic rings. The Kier molecular flexibility index (Phi) is 5.15. The van der Waals surface area contributed by atoms with Crippen LogP contribution in [0.1, 0.15) is 30.5 Å². The van der Waals surface area contributed by atoms with Crippen molar-refractivity contribution in [1.29, 1.82) is 0 Å². The second-order valence-electron chi connectivity index (χ2n) is 2.89. The van der Waals surface area contributed by atoms with Crippen molar-refractivity contribution in [2.45, 2.75) is 33.9 Å². The molecule has 0 amide bonds. The van der Waals surface area contributed by atoms with Crippen LogP contribution in [-0.2, 0) is 6.18 Å². The van der Waals surface area contributed by atoms with Crippen LogP contribution in [-0.4, -0.2) is 0 Å². The first-order chi connectivity index (χ1) is 6.82. The van der Waals surface area contributed by atoms with E-state index in [0.29, 0.717) is 5.56 Å². The van der Waals surface area contributed by atoms with E-state index in [-0.39, 0.29) is 10.6 Å². The van der Waals surface area contributed by atoms with Crippen molar-refractivity contribution >= 4 is 11.6 Å². The molecule has 0 radical (unpaired) electrons. The van der Waals surface area contributed by atoms with E-state index in [4.69, 9.17) is 11.6 Å². The third-order valence-electron chi connectivity index (χ3n) is 1.94. The summed E-state index contributed by atoms with van der Waals surface area (Å²) in [6, 6.07) is 2.47. The molecule has 0 atom stereocenters. The van der Waals surface area contributed by atoms with Crippen LogP contribution in [0.25, 0.3) is 0 Å². The first-order valence-corrected chi connectivity index (χ1v) is 5.04. The zero-order valence-electron chi connectivity index (χ0n) is 9.17. The van der Waals surface area contributed by atoms with Gasteiger partial charge in [0.05, 0.1) is 5.56 Å². The van der Waals surface area contributed by atoms with Crippen molar-refractivity contribution in [3.8, 4) is 0 Å². The highest BCUT2D eigenvalue weighted by atomic mass is 35.5. The molecule has 0 N–H and O–H groups in total. The molecule has 0 heterocycles. The van der Waals surface area contributed by atoms with Gasteiger partial charge in [-0.3, -0.25) is 0 Å². The first kappa shape index (κ1) is 14.3. The molecule has 1 aromatic rings. The summed E-state index contributed by atoms with van der Waals surface area (Å²) in [5.74, 6) is 0. The second-order valence-corrected chi connectivity index (χ2v) is 3.33. The Labute approximate surface area is 93.1 Å². The van der Waals surface area contributed by atoms with Gasteiger partial charge < -0.3 is 0 Å². The van der Waals surface area contributed by atoms with Crippen molar-refractivity contribution in [1.82, 2.24) is 0 Å². The van der Waals surface area contributed by atoms with E-state index in [1.54, 1.807) is 6.92 Å². The molecule has 15 heavy (non-hydrogen) atoms. The van der Waals surface area contributed by atoms with E-state index in [0.717, 1.165) is 6.07 Å². The molecule has 0 saturated carbocycles. The van der Waals surface area contributed by atoms with Gasteiger partial charge in [-0.05, 0) is 37.1 Å². The quantitative estimate of drug-likeness (QED) is 0.597. The molecule has 1 rings (SSSR count). The lowest BCUT2D eigenvalue weighted by Gasteiger charge is -2.12. The maximum atomic E-state index is 12.4. The maximum Gasteiger partial charge on any atom is 0.416 e. The molecular weight excluding hydrogens is 225 g/mol. The highest BCUT2D eigenvalue weighted by Crippen LogP contribution is 2.34. The molecule has 0 aliphatic heterocycles. The summed E-state index contributed by atoms with van der Waals surface area (Å²) in [7, 11) is 0. The zero-order valence-corrected chi connectivity index (χ0v) is 9.92. The van der Waals surface area contributed by atoms with E-state index in [2.05, 4.69) is 0 Å². The maximum absolute atomic E-state index is 12.4. The fourth-order valence-corrected chi connectivity index (χ4v) is 1.38. The van der Waals surface area contributed by atoms with Gasteiger partial charge in [0.2, 0.25) is 0 Å². The van der Waals surface area contributed by atoms with E-state index < -0.39 is 11.7 Å². The normalized spacial score (nSPS) is 10.7. The van der Waals surface area contributed by atoms with Gasteiger partial charge in [-0.25, -0.2) is 0 Å². The minimum absolute atomic E-state index is 0.121. The molecule has 0 aliphatic carbocycles. The minimum atomic E-state index is -4.32. The van der Waals surface area contributed by atoms with Gasteiger partial charge in [0.25, 0.3) is 0 Å². The third-order valence-corrected chi connectivity index (χ3v) is 2.16. The van der Waals surface area contributed by atoms with Gasteiger partial charge in [-0.2, -0.15) is 13.2 Å². The third kappa shape index (κ3) is 3.74. The average molecular weight is 239 g/mol. The topological polar surface area (TPSA) is 0 Å². The summed E-state index contributed by atoms with van der Waals surface area (Å²) >= 11 is 5.53. The predicted molar refractivity (Wildman–Crippen MR) is 57.3 cm³/mol. The first-order valence-electron chi connectivity index (χ1n) is 4.66. The minimum Gasteiger partial charge on any atom is -0.166 e. The van der Waals surface area contributed by atoms with Gasteiger partial charge in [0.1, 0.15) is 0 Å². The predicted octanol–water partition coefficient (Wildman–Crippen LogP) is 5.00.